The average molecular weight is 306 g/mol. The second kappa shape index (κ2) is 6.19. The Morgan fingerprint density at radius 2 is 1.91 bits per heavy atom. The fraction of sp³-hybridized carbons (Fsp3) is 0.381. The van der Waals surface area contributed by atoms with Crippen LogP contribution in [0.4, 0.5) is 11.4 Å². The SMILES string of the molecule is CCN1c2ccc(C=Nc3ccccc3)cc2[C@H](C)CC1(C)C. The highest BCUT2D eigenvalue weighted by molar-refractivity contribution is 5.83. The zero-order valence-electron chi connectivity index (χ0n) is 14.6. The molecule has 0 aliphatic carbocycles. The molecule has 0 unspecified atom stereocenters. The van der Waals surface area contributed by atoms with Crippen molar-refractivity contribution in [2.45, 2.75) is 45.6 Å². The van der Waals surface area contributed by atoms with Crippen molar-refractivity contribution >= 4 is 17.6 Å². The number of hydrogen-bond donors (Lipinski definition) is 0. The Hall–Kier alpha value is -2.09. The van der Waals surface area contributed by atoms with Crippen molar-refractivity contribution in [3.05, 3.63) is 59.7 Å². The van der Waals surface area contributed by atoms with E-state index in [0.717, 1.165) is 12.2 Å². The first-order valence-electron chi connectivity index (χ1n) is 8.52. The molecule has 3 rings (SSSR count). The van der Waals surface area contributed by atoms with Crippen LogP contribution in [-0.4, -0.2) is 18.3 Å². The van der Waals surface area contributed by atoms with Gasteiger partial charge in [0.25, 0.3) is 0 Å². The molecule has 1 aliphatic heterocycles. The number of rotatable bonds is 3. The van der Waals surface area contributed by atoms with Crippen molar-refractivity contribution in [2.75, 3.05) is 11.4 Å². The van der Waals surface area contributed by atoms with Crippen molar-refractivity contribution in [2.24, 2.45) is 4.99 Å². The maximum atomic E-state index is 4.58. The lowest BCUT2D eigenvalue weighted by Gasteiger charge is -2.47. The van der Waals surface area contributed by atoms with E-state index < -0.39 is 0 Å². The van der Waals surface area contributed by atoms with Gasteiger partial charge in [-0.2, -0.15) is 0 Å². The summed E-state index contributed by atoms with van der Waals surface area (Å²) < 4.78 is 0. The van der Waals surface area contributed by atoms with Crippen LogP contribution >= 0.6 is 0 Å². The van der Waals surface area contributed by atoms with E-state index in [9.17, 15) is 0 Å². The minimum absolute atomic E-state index is 0.223. The smallest absolute Gasteiger partial charge is 0.0629 e. The highest BCUT2D eigenvalue weighted by Crippen LogP contribution is 2.43. The van der Waals surface area contributed by atoms with Crippen LogP contribution in [0, 0.1) is 0 Å². The molecular formula is C21H26N2. The van der Waals surface area contributed by atoms with Gasteiger partial charge in [-0.3, -0.25) is 4.99 Å². The monoisotopic (exact) mass is 306 g/mol. The third-order valence-corrected chi connectivity index (χ3v) is 4.84. The lowest BCUT2D eigenvalue weighted by Crippen LogP contribution is -2.48. The molecule has 0 aromatic heterocycles. The zero-order valence-corrected chi connectivity index (χ0v) is 14.6. The van der Waals surface area contributed by atoms with Crippen LogP contribution in [0.2, 0.25) is 0 Å². The quantitative estimate of drug-likeness (QED) is 0.679. The first kappa shape index (κ1) is 15.8. The fourth-order valence-electron chi connectivity index (χ4n) is 3.85. The van der Waals surface area contributed by atoms with Crippen LogP contribution in [0.15, 0.2) is 53.5 Å². The first-order valence-corrected chi connectivity index (χ1v) is 8.52. The van der Waals surface area contributed by atoms with Gasteiger partial charge in [0.2, 0.25) is 0 Å². The van der Waals surface area contributed by atoms with E-state index in [4.69, 9.17) is 0 Å². The molecule has 23 heavy (non-hydrogen) atoms. The molecule has 0 saturated heterocycles. The number of anilines is 1. The molecule has 0 fully saturated rings. The van der Waals surface area contributed by atoms with Crippen LogP contribution in [0.3, 0.4) is 0 Å². The summed E-state index contributed by atoms with van der Waals surface area (Å²) in [4.78, 5) is 7.11. The molecule has 2 aromatic rings. The van der Waals surface area contributed by atoms with E-state index in [2.05, 4.69) is 55.8 Å². The van der Waals surface area contributed by atoms with Crippen LogP contribution in [-0.2, 0) is 0 Å². The molecule has 120 valence electrons. The summed E-state index contributed by atoms with van der Waals surface area (Å²) in [6.07, 6.45) is 3.16. The maximum Gasteiger partial charge on any atom is 0.0629 e. The molecular weight excluding hydrogens is 280 g/mol. The van der Waals surface area contributed by atoms with Crippen LogP contribution in [0.5, 0.6) is 0 Å². The average Bonchev–Trinajstić information content (AvgIpc) is 2.54. The van der Waals surface area contributed by atoms with Gasteiger partial charge in [0.05, 0.1) is 5.69 Å². The summed E-state index contributed by atoms with van der Waals surface area (Å²) in [7, 11) is 0. The van der Waals surface area contributed by atoms with Crippen LogP contribution < -0.4 is 4.90 Å². The van der Waals surface area contributed by atoms with Gasteiger partial charge in [0.1, 0.15) is 0 Å². The molecule has 2 nitrogen and oxygen atoms in total. The van der Waals surface area contributed by atoms with E-state index in [-0.39, 0.29) is 5.54 Å². The molecule has 0 radical (unpaired) electrons. The van der Waals surface area contributed by atoms with Crippen molar-refractivity contribution in [1.29, 1.82) is 0 Å². The Morgan fingerprint density at radius 3 is 2.61 bits per heavy atom. The van der Waals surface area contributed by atoms with Gasteiger partial charge in [0.15, 0.2) is 0 Å². The van der Waals surface area contributed by atoms with Crippen molar-refractivity contribution < 1.29 is 0 Å². The lowest BCUT2D eigenvalue weighted by atomic mass is 9.79. The van der Waals surface area contributed by atoms with Crippen molar-refractivity contribution in [3.63, 3.8) is 0 Å². The summed E-state index contributed by atoms with van der Waals surface area (Å²) in [5.41, 5.74) is 5.22. The molecule has 0 spiro atoms. The molecule has 1 atom stereocenters. The van der Waals surface area contributed by atoms with Gasteiger partial charge < -0.3 is 4.90 Å². The van der Waals surface area contributed by atoms with E-state index in [1.54, 1.807) is 0 Å². The molecule has 2 heteroatoms. The van der Waals surface area contributed by atoms with Gasteiger partial charge in [-0.1, -0.05) is 31.2 Å². The molecule has 1 heterocycles. The van der Waals surface area contributed by atoms with Gasteiger partial charge in [0, 0.05) is 24.0 Å². The Balaban J connectivity index is 1.93. The number of para-hydroxylation sites is 1. The van der Waals surface area contributed by atoms with Crippen molar-refractivity contribution in [1.82, 2.24) is 0 Å². The molecule has 0 bridgehead atoms. The minimum Gasteiger partial charge on any atom is -0.366 e. The Bertz CT molecular complexity index is 701. The second-order valence-corrected chi connectivity index (χ2v) is 7.07. The second-order valence-electron chi connectivity index (χ2n) is 7.07. The number of aliphatic imine (C=N–C) groups is 1. The van der Waals surface area contributed by atoms with Gasteiger partial charge in [-0.25, -0.2) is 0 Å². The normalized spacial score (nSPS) is 19.8. The van der Waals surface area contributed by atoms with Gasteiger partial charge in [-0.15, -0.1) is 0 Å². The highest BCUT2D eigenvalue weighted by Gasteiger charge is 2.35. The standard InChI is InChI=1S/C21H26N2/c1-5-23-20-12-11-17(15-22-18-9-7-6-8-10-18)13-19(20)16(2)14-21(23,3)4/h6-13,15-16H,5,14H2,1-4H3/t16-/m1/s1. The van der Waals surface area contributed by atoms with E-state index >= 15 is 0 Å². The summed E-state index contributed by atoms with van der Waals surface area (Å²) in [6.45, 7) is 10.3. The molecule has 1 aliphatic rings. The lowest BCUT2D eigenvalue weighted by molar-refractivity contribution is 0.381. The molecule has 2 aromatic carbocycles. The number of benzene rings is 2. The fourth-order valence-corrected chi connectivity index (χ4v) is 3.85. The Labute approximate surface area is 139 Å². The molecule has 0 saturated carbocycles. The van der Waals surface area contributed by atoms with E-state index in [1.807, 2.05) is 36.5 Å². The maximum absolute atomic E-state index is 4.58. The Kier molecular flexibility index (Phi) is 4.25. The third kappa shape index (κ3) is 3.17. The minimum atomic E-state index is 0.223. The number of nitrogens with zero attached hydrogens (tertiary/aromatic N) is 2. The number of fused-ring (bicyclic) bond motifs is 1. The van der Waals surface area contributed by atoms with E-state index in [1.165, 1.54) is 23.2 Å². The molecule has 0 amide bonds. The summed E-state index contributed by atoms with van der Waals surface area (Å²) in [5.74, 6) is 0.577. The van der Waals surface area contributed by atoms with Gasteiger partial charge in [-0.05, 0) is 68.5 Å². The zero-order chi connectivity index (χ0) is 16.4. The highest BCUT2D eigenvalue weighted by atomic mass is 15.2. The predicted octanol–water partition coefficient (Wildman–Crippen LogP) is 5.55. The largest absolute Gasteiger partial charge is 0.366 e. The summed E-state index contributed by atoms with van der Waals surface area (Å²) in [6, 6.07) is 16.9. The molecule has 0 N–H and O–H groups in total. The van der Waals surface area contributed by atoms with Crippen LogP contribution in [0.25, 0.3) is 0 Å². The third-order valence-electron chi connectivity index (χ3n) is 4.84. The van der Waals surface area contributed by atoms with Crippen molar-refractivity contribution in [3.8, 4) is 0 Å². The van der Waals surface area contributed by atoms with E-state index in [0.29, 0.717) is 5.92 Å². The summed E-state index contributed by atoms with van der Waals surface area (Å²) >= 11 is 0. The topological polar surface area (TPSA) is 15.6 Å². The predicted molar refractivity (Wildman–Crippen MR) is 100 cm³/mol. The summed E-state index contributed by atoms with van der Waals surface area (Å²) in [5, 5.41) is 0. The number of hydrogen-bond acceptors (Lipinski definition) is 2. The van der Waals surface area contributed by atoms with Crippen LogP contribution in [0.1, 0.15) is 51.2 Å². The first-order chi connectivity index (χ1) is 11.0. The van der Waals surface area contributed by atoms with Gasteiger partial charge >= 0.3 is 0 Å². The Morgan fingerprint density at radius 1 is 1.17 bits per heavy atom.